The number of hydrogen-bond acceptors (Lipinski definition) is 7. The van der Waals surface area contributed by atoms with Crippen LogP contribution in [0.1, 0.15) is 60.0 Å². The molecule has 3 aliphatic rings. The number of nitrogens with zero attached hydrogens (tertiary/aromatic N) is 3. The maximum Gasteiger partial charge on any atom is 0.262 e. The second-order valence-electron chi connectivity index (χ2n) is 11.4. The van der Waals surface area contributed by atoms with Gasteiger partial charge in [-0.15, -0.1) is 11.3 Å². The van der Waals surface area contributed by atoms with Crippen LogP contribution in [-0.2, 0) is 21.2 Å². The normalized spacial score (nSPS) is 24.1. The summed E-state index contributed by atoms with van der Waals surface area (Å²) in [5.41, 5.74) is 1.59. The topological polar surface area (TPSA) is 123 Å². The number of thiophene rings is 1. The summed E-state index contributed by atoms with van der Waals surface area (Å²) in [7, 11) is -2.04. The van der Waals surface area contributed by atoms with Crippen LogP contribution in [0.15, 0.2) is 48.7 Å². The minimum atomic E-state index is -2.04. The molecule has 2 aromatic heterocycles. The highest BCUT2D eigenvalue weighted by molar-refractivity contribution is 7.44. The first-order valence-corrected chi connectivity index (χ1v) is 16.0. The van der Waals surface area contributed by atoms with E-state index in [9.17, 15) is 24.2 Å². The molecule has 210 valence electrons. The number of amides is 3. The van der Waals surface area contributed by atoms with Crippen molar-refractivity contribution in [3.8, 4) is 0 Å². The third-order valence-electron chi connectivity index (χ3n) is 8.48. The largest absolute Gasteiger partial charge is 0.350 e. The smallest absolute Gasteiger partial charge is 0.262 e. The Morgan fingerprint density at radius 2 is 1.95 bits per heavy atom. The lowest BCUT2D eigenvalue weighted by Gasteiger charge is -2.49. The Hall–Kier alpha value is -2.91. The Kier molecular flexibility index (Phi) is 7.38. The van der Waals surface area contributed by atoms with E-state index in [4.69, 9.17) is 0 Å². The lowest BCUT2D eigenvalue weighted by atomic mass is 9.78. The van der Waals surface area contributed by atoms with Gasteiger partial charge in [0.15, 0.2) is 8.38 Å². The van der Waals surface area contributed by atoms with Crippen LogP contribution in [0.3, 0.4) is 0 Å². The minimum absolute atomic E-state index is 0.00836. The maximum atomic E-state index is 13.8. The maximum absolute atomic E-state index is 13.8. The summed E-state index contributed by atoms with van der Waals surface area (Å²) >= 11 is 1.34. The number of fused-ring (bicyclic) bond motifs is 2. The first-order valence-electron chi connectivity index (χ1n) is 13.7. The molecule has 0 aliphatic carbocycles. The van der Waals surface area contributed by atoms with Gasteiger partial charge < -0.3 is 24.9 Å². The van der Waals surface area contributed by atoms with Gasteiger partial charge in [0.25, 0.3) is 5.91 Å². The van der Waals surface area contributed by atoms with Gasteiger partial charge in [-0.1, -0.05) is 19.1 Å². The zero-order chi connectivity index (χ0) is 28.0. The van der Waals surface area contributed by atoms with Crippen molar-refractivity contribution in [2.45, 2.75) is 68.7 Å². The summed E-state index contributed by atoms with van der Waals surface area (Å²) in [6, 6.07) is 12.1. The molecular formula is C29H33N4O5PS. The van der Waals surface area contributed by atoms with E-state index in [1.807, 2.05) is 41.3 Å². The summed E-state index contributed by atoms with van der Waals surface area (Å²) in [5, 5.41) is 3.82. The molecule has 9 nitrogen and oxygen atoms in total. The molecule has 1 unspecified atom stereocenters. The molecule has 3 saturated heterocycles. The quantitative estimate of drug-likeness (QED) is 0.384. The van der Waals surface area contributed by atoms with E-state index in [-0.39, 0.29) is 35.3 Å². The Morgan fingerprint density at radius 1 is 1.12 bits per heavy atom. The predicted octanol–water partition coefficient (Wildman–Crippen LogP) is 3.53. The van der Waals surface area contributed by atoms with Crippen molar-refractivity contribution in [1.82, 2.24) is 20.1 Å². The number of pyridine rings is 1. The lowest BCUT2D eigenvalue weighted by Crippen LogP contribution is -2.64. The van der Waals surface area contributed by atoms with Crippen molar-refractivity contribution in [2.75, 3.05) is 13.1 Å². The Morgan fingerprint density at radius 3 is 2.70 bits per heavy atom. The van der Waals surface area contributed by atoms with Gasteiger partial charge in [0.2, 0.25) is 11.8 Å². The van der Waals surface area contributed by atoms with Crippen LogP contribution in [0.25, 0.3) is 10.1 Å². The van der Waals surface area contributed by atoms with Gasteiger partial charge in [-0.25, -0.2) is 0 Å². The molecule has 3 aromatic rings. The Labute approximate surface area is 238 Å². The molecule has 0 spiro atoms. The van der Waals surface area contributed by atoms with E-state index in [0.717, 1.165) is 40.6 Å². The number of likely N-dealkylation sites (tertiary alicyclic amines) is 1. The van der Waals surface area contributed by atoms with Crippen LogP contribution in [0.4, 0.5) is 0 Å². The zero-order valence-electron chi connectivity index (χ0n) is 22.3. The van der Waals surface area contributed by atoms with Crippen LogP contribution < -0.4 is 5.32 Å². The van der Waals surface area contributed by atoms with Gasteiger partial charge in [-0.05, 0) is 73.4 Å². The van der Waals surface area contributed by atoms with Crippen molar-refractivity contribution < 1.29 is 24.2 Å². The fraction of sp³-hybridized carbons (Fsp3) is 0.448. The zero-order valence-corrected chi connectivity index (χ0v) is 24.0. The van der Waals surface area contributed by atoms with E-state index in [2.05, 4.69) is 17.2 Å². The molecule has 11 heteroatoms. The third-order valence-corrected chi connectivity index (χ3v) is 10.2. The summed E-state index contributed by atoms with van der Waals surface area (Å²) in [4.78, 5) is 67.9. The molecule has 0 saturated carbocycles. The monoisotopic (exact) mass is 580 g/mol. The predicted molar refractivity (Wildman–Crippen MR) is 154 cm³/mol. The Bertz CT molecular complexity index is 1440. The van der Waals surface area contributed by atoms with Gasteiger partial charge in [-0.3, -0.25) is 19.4 Å². The molecule has 3 fully saturated rings. The second kappa shape index (κ2) is 10.8. The average Bonchev–Trinajstić information content (AvgIpc) is 3.51. The lowest BCUT2D eigenvalue weighted by molar-refractivity contribution is -0.150. The number of benzene rings is 1. The summed E-state index contributed by atoms with van der Waals surface area (Å²) in [6.07, 6.45) is 5.59. The molecule has 1 aromatic carbocycles. The number of rotatable bonds is 6. The fourth-order valence-electron chi connectivity index (χ4n) is 6.48. The van der Waals surface area contributed by atoms with Crippen molar-refractivity contribution in [3.63, 3.8) is 0 Å². The van der Waals surface area contributed by atoms with Gasteiger partial charge in [0, 0.05) is 47.3 Å². The molecule has 3 aliphatic heterocycles. The molecule has 3 atom stereocenters. The standard InChI is InChI=1S/C29H33N4O5PS/c1-29(25-7-2-3-12-30-25)16-32(17-29)28(36)22-10-9-20-5-4-6-21(27(35)33(20)22)31-26(34)24-14-19-13-18(15-39(37)38)8-11-23(19)40-24/h2-3,7-8,11-14,20-22,37-38H,4-6,9-10,15-17H2,1H3,(H,31,34)/t20?,21-,22-/m0/s1. The van der Waals surface area contributed by atoms with Crippen molar-refractivity contribution in [1.29, 1.82) is 0 Å². The summed E-state index contributed by atoms with van der Waals surface area (Å²) in [5.74, 6) is -0.476. The van der Waals surface area contributed by atoms with Crippen LogP contribution in [-0.4, -0.2) is 73.5 Å². The molecule has 3 amide bonds. The molecule has 40 heavy (non-hydrogen) atoms. The highest BCUT2D eigenvalue weighted by atomic mass is 32.1. The molecule has 5 heterocycles. The summed E-state index contributed by atoms with van der Waals surface area (Å²) < 4.78 is 0.916. The molecule has 0 bridgehead atoms. The first-order chi connectivity index (χ1) is 19.2. The number of hydrogen-bond donors (Lipinski definition) is 3. The number of nitrogens with one attached hydrogen (secondary N) is 1. The van der Waals surface area contributed by atoms with Gasteiger partial charge in [-0.2, -0.15) is 0 Å². The average molecular weight is 581 g/mol. The third kappa shape index (κ3) is 5.14. The van der Waals surface area contributed by atoms with Gasteiger partial charge in [0.1, 0.15) is 12.1 Å². The highest BCUT2D eigenvalue weighted by Crippen LogP contribution is 2.38. The van der Waals surface area contributed by atoms with E-state index < -0.39 is 20.5 Å². The highest BCUT2D eigenvalue weighted by Gasteiger charge is 2.50. The molecule has 6 rings (SSSR count). The van der Waals surface area contributed by atoms with Gasteiger partial charge in [0.05, 0.1) is 4.88 Å². The molecule has 0 radical (unpaired) electrons. The van der Waals surface area contributed by atoms with Crippen LogP contribution in [0.5, 0.6) is 0 Å². The van der Waals surface area contributed by atoms with Crippen LogP contribution in [0.2, 0.25) is 0 Å². The van der Waals surface area contributed by atoms with Crippen molar-refractivity contribution in [2.24, 2.45) is 0 Å². The minimum Gasteiger partial charge on any atom is -0.350 e. The van der Waals surface area contributed by atoms with Crippen LogP contribution >= 0.6 is 19.7 Å². The number of carbonyl (C=O) groups excluding carboxylic acids is 3. The van der Waals surface area contributed by atoms with Gasteiger partial charge >= 0.3 is 0 Å². The van der Waals surface area contributed by atoms with Crippen molar-refractivity contribution in [3.05, 3.63) is 64.8 Å². The summed E-state index contributed by atoms with van der Waals surface area (Å²) in [6.45, 7) is 3.28. The molecule has 3 N–H and O–H groups in total. The first kappa shape index (κ1) is 27.3. The fourth-order valence-corrected chi connectivity index (χ4v) is 7.95. The van der Waals surface area contributed by atoms with E-state index in [1.165, 1.54) is 11.3 Å². The SMILES string of the molecule is CC1(c2ccccn2)CN(C(=O)[C@@H]2CCC3CCC[C@H](NC(=O)c4cc5cc(CP(O)O)ccc5s4)C(=O)N32)C1. The van der Waals surface area contributed by atoms with E-state index in [0.29, 0.717) is 30.8 Å². The van der Waals surface area contributed by atoms with E-state index in [1.54, 1.807) is 17.2 Å². The molecular weight excluding hydrogens is 547 g/mol. The van der Waals surface area contributed by atoms with E-state index >= 15 is 0 Å². The Balaban J connectivity index is 1.14. The van der Waals surface area contributed by atoms with Crippen molar-refractivity contribution >= 4 is 47.5 Å². The van der Waals surface area contributed by atoms with Crippen LogP contribution in [0, 0.1) is 0 Å². The number of aromatic nitrogens is 1. The number of carbonyl (C=O) groups is 3. The second-order valence-corrected chi connectivity index (χ2v) is 13.6.